The van der Waals surface area contributed by atoms with Gasteiger partial charge in [-0.25, -0.2) is 15.2 Å². The van der Waals surface area contributed by atoms with E-state index in [4.69, 9.17) is 4.74 Å². The van der Waals surface area contributed by atoms with E-state index in [2.05, 4.69) is 15.7 Å². The number of esters is 1. The number of ether oxygens (including phenoxy) is 1. The van der Waals surface area contributed by atoms with Crippen molar-refractivity contribution >= 4 is 29.1 Å². The summed E-state index contributed by atoms with van der Waals surface area (Å²) >= 11 is 0. The molecule has 4 atom stereocenters. The third-order valence-corrected chi connectivity index (χ3v) is 7.36. The van der Waals surface area contributed by atoms with Gasteiger partial charge in [-0.05, 0) is 56.5 Å². The summed E-state index contributed by atoms with van der Waals surface area (Å²) in [6.07, 6.45) is 4.71. The van der Waals surface area contributed by atoms with Crippen LogP contribution in [0.25, 0.3) is 5.65 Å². The maximum absolute atomic E-state index is 13.3. The van der Waals surface area contributed by atoms with Crippen molar-refractivity contribution in [1.29, 1.82) is 0 Å². The Morgan fingerprint density at radius 2 is 1.95 bits per heavy atom. The topological polar surface area (TPSA) is 149 Å². The monoisotopic (exact) mass is 562 g/mol. The second kappa shape index (κ2) is 12.1. The maximum Gasteiger partial charge on any atom is 0.341 e. The zero-order chi connectivity index (χ0) is 29.1. The molecule has 0 radical (unpaired) electrons. The van der Waals surface area contributed by atoms with E-state index in [9.17, 15) is 24.6 Å². The van der Waals surface area contributed by atoms with Crippen molar-refractivity contribution in [2.75, 3.05) is 24.7 Å². The molecule has 2 aliphatic rings. The van der Waals surface area contributed by atoms with E-state index in [1.54, 1.807) is 42.8 Å². The molecular weight excluding hydrogens is 528 g/mol. The van der Waals surface area contributed by atoms with Crippen molar-refractivity contribution in [1.82, 2.24) is 25.0 Å². The lowest BCUT2D eigenvalue weighted by atomic mass is 10.1. The molecule has 0 aliphatic carbocycles. The van der Waals surface area contributed by atoms with Gasteiger partial charge >= 0.3 is 5.97 Å². The lowest BCUT2D eigenvalue weighted by Gasteiger charge is -2.28. The van der Waals surface area contributed by atoms with E-state index in [-0.39, 0.29) is 6.61 Å². The molecule has 1 fully saturated rings. The molecule has 1 aromatic carbocycles. The highest BCUT2D eigenvalue weighted by Crippen LogP contribution is 2.33. The van der Waals surface area contributed by atoms with Gasteiger partial charge in [0.1, 0.15) is 5.56 Å². The Labute approximate surface area is 237 Å². The largest absolute Gasteiger partial charge is 0.462 e. The number of aliphatic hydroxyl groups excluding tert-OH is 2. The number of hydrazine groups is 1. The third kappa shape index (κ3) is 5.80. The molecule has 216 valence electrons. The lowest BCUT2D eigenvalue weighted by Crippen LogP contribution is -2.51. The normalized spacial score (nSPS) is 18.9. The SMILES string of the molecule is CCOC(=O)c1cccn2cc([C@H]3CCCN3C(=O)[C@H](O)[C@@H](O)C(=O)N[C@H](C)c3ccc(N4C=CCN4)cc3)nc12. The number of nitrogens with one attached hydrogen (secondary N) is 2. The molecule has 2 aromatic heterocycles. The van der Waals surface area contributed by atoms with Gasteiger partial charge in [0.15, 0.2) is 17.9 Å². The van der Waals surface area contributed by atoms with Crippen LogP contribution in [-0.2, 0) is 14.3 Å². The van der Waals surface area contributed by atoms with Crippen LogP contribution >= 0.6 is 0 Å². The molecule has 0 spiro atoms. The number of amides is 2. The molecule has 1 saturated heterocycles. The number of hydrogen-bond acceptors (Lipinski definition) is 9. The molecule has 2 aliphatic heterocycles. The molecule has 12 nitrogen and oxygen atoms in total. The van der Waals surface area contributed by atoms with Gasteiger partial charge in [-0.1, -0.05) is 18.2 Å². The third-order valence-electron chi connectivity index (χ3n) is 7.36. The fourth-order valence-corrected chi connectivity index (χ4v) is 5.19. The molecule has 0 saturated carbocycles. The van der Waals surface area contributed by atoms with Crippen LogP contribution in [0.1, 0.15) is 60.4 Å². The van der Waals surface area contributed by atoms with Crippen molar-refractivity contribution in [2.45, 2.75) is 51.0 Å². The van der Waals surface area contributed by atoms with Gasteiger partial charge < -0.3 is 29.6 Å². The predicted octanol–water partition coefficient (Wildman–Crippen LogP) is 1.61. The highest BCUT2D eigenvalue weighted by molar-refractivity contribution is 5.96. The molecule has 0 bridgehead atoms. The van der Waals surface area contributed by atoms with Crippen LogP contribution in [0, 0.1) is 0 Å². The van der Waals surface area contributed by atoms with Gasteiger partial charge in [0.05, 0.1) is 30.1 Å². The summed E-state index contributed by atoms with van der Waals surface area (Å²) in [6, 6.07) is 9.89. The van der Waals surface area contributed by atoms with Crippen LogP contribution in [0.2, 0.25) is 0 Å². The molecule has 0 unspecified atom stereocenters. The number of carbonyl (C=O) groups excluding carboxylic acids is 3. The van der Waals surface area contributed by atoms with E-state index >= 15 is 0 Å². The highest BCUT2D eigenvalue weighted by atomic mass is 16.5. The second-order valence-electron chi connectivity index (χ2n) is 10.1. The van der Waals surface area contributed by atoms with Gasteiger partial charge in [-0.3, -0.25) is 14.6 Å². The van der Waals surface area contributed by atoms with Crippen molar-refractivity contribution in [3.8, 4) is 0 Å². The number of fused-ring (bicyclic) bond motifs is 1. The fraction of sp³-hybridized carbons (Fsp3) is 0.379. The first-order valence-corrected chi connectivity index (χ1v) is 13.7. The number of benzene rings is 1. The zero-order valence-electron chi connectivity index (χ0n) is 22.9. The minimum Gasteiger partial charge on any atom is -0.462 e. The Morgan fingerprint density at radius 1 is 1.17 bits per heavy atom. The predicted molar refractivity (Wildman–Crippen MR) is 149 cm³/mol. The lowest BCUT2D eigenvalue weighted by molar-refractivity contribution is -0.154. The Morgan fingerprint density at radius 3 is 2.66 bits per heavy atom. The van der Waals surface area contributed by atoms with E-state index < -0.39 is 42.1 Å². The van der Waals surface area contributed by atoms with E-state index in [0.29, 0.717) is 36.3 Å². The summed E-state index contributed by atoms with van der Waals surface area (Å²) in [5, 5.41) is 25.9. The van der Waals surface area contributed by atoms with Crippen LogP contribution in [0.5, 0.6) is 0 Å². The number of rotatable bonds is 9. The van der Waals surface area contributed by atoms with E-state index in [0.717, 1.165) is 17.8 Å². The molecule has 2 amide bonds. The van der Waals surface area contributed by atoms with Crippen LogP contribution in [0.4, 0.5) is 5.69 Å². The number of aromatic nitrogens is 2. The van der Waals surface area contributed by atoms with Gasteiger partial charge in [0, 0.05) is 31.7 Å². The van der Waals surface area contributed by atoms with E-state index in [1.165, 1.54) is 4.90 Å². The number of aliphatic hydroxyl groups is 2. The summed E-state index contributed by atoms with van der Waals surface area (Å²) < 4.78 is 6.82. The van der Waals surface area contributed by atoms with Crippen molar-refractivity contribution in [3.63, 3.8) is 0 Å². The average molecular weight is 563 g/mol. The maximum atomic E-state index is 13.3. The molecule has 5 rings (SSSR count). The molecular formula is C29H34N6O6. The van der Waals surface area contributed by atoms with Crippen molar-refractivity contribution in [3.05, 3.63) is 77.9 Å². The summed E-state index contributed by atoms with van der Waals surface area (Å²) in [5.74, 6) is -2.11. The minimum atomic E-state index is -1.96. The standard InChI is InChI=1S/C29H34N6O6/c1-3-41-29(40)21-7-4-14-33-17-22(32-26(21)33)23-8-5-15-34(23)28(39)25(37)24(36)27(38)31-18(2)19-9-11-20(12-10-19)35-16-6-13-30-35/h4,6-7,9-12,14,16-18,23-25,30,36-37H,3,5,8,13,15H2,1-2H3,(H,31,38)/t18-,23-,24-,25-/m1/s1. The van der Waals surface area contributed by atoms with Crippen LogP contribution in [0.15, 0.2) is 61.1 Å². The number of nitrogens with zero attached hydrogens (tertiary/aromatic N) is 4. The van der Waals surface area contributed by atoms with Crippen molar-refractivity contribution < 1.29 is 29.3 Å². The second-order valence-corrected chi connectivity index (χ2v) is 10.1. The first-order valence-electron chi connectivity index (χ1n) is 13.7. The fourth-order valence-electron chi connectivity index (χ4n) is 5.19. The van der Waals surface area contributed by atoms with Gasteiger partial charge in [0.25, 0.3) is 11.8 Å². The Balaban J connectivity index is 1.24. The van der Waals surface area contributed by atoms with Crippen LogP contribution in [-0.4, -0.2) is 74.2 Å². The number of pyridine rings is 1. The Kier molecular flexibility index (Phi) is 8.34. The first-order chi connectivity index (χ1) is 19.8. The Bertz CT molecular complexity index is 1450. The van der Waals surface area contributed by atoms with Crippen LogP contribution in [0.3, 0.4) is 0 Å². The Hall–Kier alpha value is -4.26. The molecule has 4 N–H and O–H groups in total. The highest BCUT2D eigenvalue weighted by Gasteiger charge is 2.39. The number of likely N-dealkylation sites (tertiary alicyclic amines) is 1. The number of imidazole rings is 1. The summed E-state index contributed by atoms with van der Waals surface area (Å²) in [4.78, 5) is 44.5. The zero-order valence-corrected chi connectivity index (χ0v) is 22.9. The van der Waals surface area contributed by atoms with Gasteiger partial charge in [-0.15, -0.1) is 0 Å². The average Bonchev–Trinajstić information content (AvgIpc) is 3.76. The minimum absolute atomic E-state index is 0.228. The molecule has 3 aromatic rings. The smallest absolute Gasteiger partial charge is 0.341 e. The van der Waals surface area contributed by atoms with Gasteiger partial charge in [-0.2, -0.15) is 0 Å². The van der Waals surface area contributed by atoms with Crippen molar-refractivity contribution in [2.24, 2.45) is 0 Å². The summed E-state index contributed by atoms with van der Waals surface area (Å²) in [7, 11) is 0. The molecule has 4 heterocycles. The quantitative estimate of drug-likeness (QED) is 0.286. The number of anilines is 1. The molecule has 41 heavy (non-hydrogen) atoms. The van der Waals surface area contributed by atoms with Gasteiger partial charge in [0.2, 0.25) is 0 Å². The molecule has 12 heteroatoms. The summed E-state index contributed by atoms with van der Waals surface area (Å²) in [5.41, 5.74) is 6.15. The van der Waals surface area contributed by atoms with E-state index in [1.807, 2.05) is 41.6 Å². The van der Waals surface area contributed by atoms with Crippen LogP contribution < -0.4 is 15.8 Å². The first kappa shape index (κ1) is 28.3. The summed E-state index contributed by atoms with van der Waals surface area (Å²) in [6.45, 7) is 4.79. The number of hydrogen-bond donors (Lipinski definition) is 4. The number of carbonyl (C=O) groups is 3.